The molecule has 0 saturated heterocycles. The maximum Gasteiger partial charge on any atom is 0.307 e. The maximum absolute atomic E-state index is 14.6. The van der Waals surface area contributed by atoms with Gasteiger partial charge in [-0.15, -0.1) is 10.2 Å². The normalized spacial score (nSPS) is 16.8. The van der Waals surface area contributed by atoms with Crippen LogP contribution in [-0.4, -0.2) is 36.3 Å². The highest BCUT2D eigenvalue weighted by atomic mass is 19.1. The highest BCUT2D eigenvalue weighted by Crippen LogP contribution is 2.46. The molecule has 1 N–H and O–H groups in total. The molecule has 1 fully saturated rings. The topological polar surface area (TPSA) is 103 Å². The number of aliphatic carboxylic acids is 1. The van der Waals surface area contributed by atoms with E-state index >= 15 is 0 Å². The molecule has 0 aliphatic heterocycles. The summed E-state index contributed by atoms with van der Waals surface area (Å²) in [5.74, 6) is -0.492. The molecule has 178 valence electrons. The molecule has 1 aliphatic rings. The quantitative estimate of drug-likeness (QED) is 0.423. The number of aryl methyl sites for hydroxylation is 3. The fraction of sp³-hybridized carbons (Fsp3) is 0.269. The lowest BCUT2D eigenvalue weighted by Crippen LogP contribution is -2.02. The van der Waals surface area contributed by atoms with Gasteiger partial charge in [0.1, 0.15) is 18.2 Å². The fourth-order valence-corrected chi connectivity index (χ4v) is 4.44. The number of carboxylic acids is 1. The number of rotatable bonds is 7. The van der Waals surface area contributed by atoms with Crippen LogP contribution in [0.4, 0.5) is 4.39 Å². The third-order valence-electron chi connectivity index (χ3n) is 6.27. The van der Waals surface area contributed by atoms with Crippen molar-refractivity contribution in [2.75, 3.05) is 0 Å². The Morgan fingerprint density at radius 2 is 1.91 bits per heavy atom. The summed E-state index contributed by atoms with van der Waals surface area (Å²) in [7, 11) is 1.72. The van der Waals surface area contributed by atoms with Crippen LogP contribution in [0, 0.1) is 25.6 Å². The SMILES string of the molecule is Cc1cc(-c2nnn(C)n2)cc(C)c1-c1ccc(F)c(COc2ccc([C@@H]3C[C@H]3C(=O)O)nc2)c1. The van der Waals surface area contributed by atoms with Gasteiger partial charge < -0.3 is 9.84 Å². The van der Waals surface area contributed by atoms with Crippen LogP contribution in [0.3, 0.4) is 0 Å². The highest BCUT2D eigenvalue weighted by molar-refractivity contribution is 5.76. The predicted octanol–water partition coefficient (Wildman–Crippen LogP) is 4.46. The first-order valence-corrected chi connectivity index (χ1v) is 11.3. The first kappa shape index (κ1) is 22.6. The molecule has 0 unspecified atom stereocenters. The maximum atomic E-state index is 14.6. The van der Waals surface area contributed by atoms with Gasteiger partial charge in [-0.1, -0.05) is 6.07 Å². The van der Waals surface area contributed by atoms with Gasteiger partial charge in [-0.2, -0.15) is 4.80 Å². The Kier molecular flexibility index (Phi) is 5.76. The molecule has 2 aromatic carbocycles. The van der Waals surface area contributed by atoms with Gasteiger partial charge in [0.15, 0.2) is 0 Å². The highest BCUT2D eigenvalue weighted by Gasteiger charge is 2.45. The van der Waals surface area contributed by atoms with E-state index in [-0.39, 0.29) is 24.3 Å². The van der Waals surface area contributed by atoms with E-state index in [2.05, 4.69) is 20.4 Å². The zero-order chi connectivity index (χ0) is 24.7. The first-order chi connectivity index (χ1) is 16.8. The summed E-state index contributed by atoms with van der Waals surface area (Å²) in [5.41, 5.74) is 5.99. The van der Waals surface area contributed by atoms with E-state index in [1.54, 1.807) is 37.5 Å². The molecule has 35 heavy (non-hydrogen) atoms. The monoisotopic (exact) mass is 473 g/mol. The van der Waals surface area contributed by atoms with Crippen LogP contribution in [0.2, 0.25) is 0 Å². The summed E-state index contributed by atoms with van der Waals surface area (Å²) < 4.78 is 20.4. The molecular formula is C26H24FN5O3. The number of ether oxygens (including phenoxy) is 1. The largest absolute Gasteiger partial charge is 0.487 e. The van der Waals surface area contributed by atoms with E-state index in [1.165, 1.54) is 10.9 Å². The Labute approximate surface area is 201 Å². The number of carbonyl (C=O) groups is 1. The van der Waals surface area contributed by atoms with Crippen molar-refractivity contribution in [1.82, 2.24) is 25.2 Å². The van der Waals surface area contributed by atoms with Gasteiger partial charge >= 0.3 is 5.97 Å². The summed E-state index contributed by atoms with van der Waals surface area (Å²) in [4.78, 5) is 16.8. The Morgan fingerprint density at radius 1 is 1.14 bits per heavy atom. The van der Waals surface area contributed by atoms with Crippen LogP contribution in [0.15, 0.2) is 48.7 Å². The molecule has 9 heteroatoms. The van der Waals surface area contributed by atoms with E-state index in [4.69, 9.17) is 9.84 Å². The third kappa shape index (κ3) is 4.62. The summed E-state index contributed by atoms with van der Waals surface area (Å²) >= 11 is 0. The number of hydrogen-bond acceptors (Lipinski definition) is 6. The average molecular weight is 474 g/mol. The minimum atomic E-state index is -0.794. The van der Waals surface area contributed by atoms with Crippen molar-refractivity contribution >= 4 is 5.97 Å². The number of pyridine rings is 1. The minimum absolute atomic E-state index is 0.0432. The third-order valence-corrected chi connectivity index (χ3v) is 6.27. The van der Waals surface area contributed by atoms with Gasteiger partial charge in [0.05, 0.1) is 19.2 Å². The Balaban J connectivity index is 1.33. The molecule has 0 radical (unpaired) electrons. The molecular weight excluding hydrogens is 449 g/mol. The van der Waals surface area contributed by atoms with E-state index in [0.717, 1.165) is 33.5 Å². The molecule has 8 nitrogen and oxygen atoms in total. The molecule has 4 aromatic rings. The second-order valence-corrected chi connectivity index (χ2v) is 8.89. The molecule has 2 atom stereocenters. The van der Waals surface area contributed by atoms with E-state index in [9.17, 15) is 9.18 Å². The van der Waals surface area contributed by atoms with Crippen molar-refractivity contribution in [3.8, 4) is 28.3 Å². The van der Waals surface area contributed by atoms with Crippen molar-refractivity contribution < 1.29 is 19.0 Å². The summed E-state index contributed by atoms with van der Waals surface area (Å²) in [6, 6.07) is 12.5. The lowest BCUT2D eigenvalue weighted by atomic mass is 9.92. The van der Waals surface area contributed by atoms with Gasteiger partial charge in [-0.25, -0.2) is 4.39 Å². The van der Waals surface area contributed by atoms with Gasteiger partial charge in [0.2, 0.25) is 5.82 Å². The molecule has 2 heterocycles. The van der Waals surface area contributed by atoms with Gasteiger partial charge in [-0.05, 0) is 84.1 Å². The second kappa shape index (κ2) is 8.90. The second-order valence-electron chi connectivity index (χ2n) is 8.89. The van der Waals surface area contributed by atoms with Crippen molar-refractivity contribution in [1.29, 1.82) is 0 Å². The molecule has 0 spiro atoms. The van der Waals surface area contributed by atoms with Crippen LogP contribution in [0.25, 0.3) is 22.5 Å². The standard InChI is InChI=1S/C26H24FN5O3/c1-14-8-17(25-29-31-32(3)30-25)9-15(2)24(14)16-4-6-22(27)18(10-16)13-35-19-5-7-23(28-12-19)20-11-21(20)26(33)34/h4-10,12,20-21H,11,13H2,1-3H3,(H,33,34)/t20-,21-/m1/s1. The molecule has 1 aliphatic carbocycles. The number of carboxylic acid groups (broad SMARTS) is 1. The van der Waals surface area contributed by atoms with Crippen LogP contribution < -0.4 is 4.74 Å². The summed E-state index contributed by atoms with van der Waals surface area (Å²) in [5, 5.41) is 21.3. The fourth-order valence-electron chi connectivity index (χ4n) is 4.44. The molecule has 5 rings (SSSR count). The molecule has 1 saturated carbocycles. The first-order valence-electron chi connectivity index (χ1n) is 11.3. The average Bonchev–Trinajstić information content (AvgIpc) is 3.52. The van der Waals surface area contributed by atoms with Crippen molar-refractivity contribution in [2.24, 2.45) is 13.0 Å². The van der Waals surface area contributed by atoms with Crippen LogP contribution in [0.1, 0.15) is 34.7 Å². The van der Waals surface area contributed by atoms with Crippen molar-refractivity contribution in [3.05, 3.63) is 76.9 Å². The number of hydrogen-bond donors (Lipinski definition) is 1. The number of nitrogens with zero attached hydrogens (tertiary/aromatic N) is 5. The molecule has 0 bridgehead atoms. The lowest BCUT2D eigenvalue weighted by Gasteiger charge is -2.14. The lowest BCUT2D eigenvalue weighted by molar-refractivity contribution is -0.138. The molecule has 0 amide bonds. The number of benzene rings is 2. The van der Waals surface area contributed by atoms with Gasteiger partial charge in [-0.3, -0.25) is 9.78 Å². The van der Waals surface area contributed by atoms with Crippen molar-refractivity contribution in [3.63, 3.8) is 0 Å². The predicted molar refractivity (Wildman–Crippen MR) is 126 cm³/mol. The zero-order valence-electron chi connectivity index (χ0n) is 19.6. The van der Waals surface area contributed by atoms with Crippen LogP contribution in [-0.2, 0) is 18.4 Å². The zero-order valence-corrected chi connectivity index (χ0v) is 19.6. The summed E-state index contributed by atoms with van der Waals surface area (Å²) in [6.07, 6.45) is 2.16. The van der Waals surface area contributed by atoms with E-state index in [0.29, 0.717) is 23.6 Å². The van der Waals surface area contributed by atoms with E-state index in [1.807, 2.05) is 26.0 Å². The minimum Gasteiger partial charge on any atom is -0.487 e. The molecule has 2 aromatic heterocycles. The van der Waals surface area contributed by atoms with Crippen LogP contribution in [0.5, 0.6) is 5.75 Å². The Bertz CT molecular complexity index is 1390. The van der Waals surface area contributed by atoms with Crippen LogP contribution >= 0.6 is 0 Å². The van der Waals surface area contributed by atoms with Gasteiger partial charge in [0, 0.05) is 22.7 Å². The number of aromatic nitrogens is 5. The number of halogens is 1. The van der Waals surface area contributed by atoms with Gasteiger partial charge in [0.25, 0.3) is 0 Å². The smallest absolute Gasteiger partial charge is 0.307 e. The summed E-state index contributed by atoms with van der Waals surface area (Å²) in [6.45, 7) is 4.05. The number of tetrazole rings is 1. The Morgan fingerprint density at radius 3 is 2.51 bits per heavy atom. The van der Waals surface area contributed by atoms with E-state index < -0.39 is 5.97 Å². The van der Waals surface area contributed by atoms with Crippen molar-refractivity contribution in [2.45, 2.75) is 32.8 Å². The Hall–Kier alpha value is -4.14.